The molecule has 1 aromatic heterocycles. The van der Waals surface area contributed by atoms with Crippen LogP contribution >= 0.6 is 11.6 Å². The number of halogens is 2. The molecule has 1 fully saturated rings. The van der Waals surface area contributed by atoms with Crippen molar-refractivity contribution in [2.45, 2.75) is 31.6 Å². The zero-order chi connectivity index (χ0) is 25.2. The maximum Gasteiger partial charge on any atom is 0.248 e. The van der Waals surface area contributed by atoms with Crippen LogP contribution in [0.1, 0.15) is 35.4 Å². The summed E-state index contributed by atoms with van der Waals surface area (Å²) in [5.74, 6) is -1.38. The summed E-state index contributed by atoms with van der Waals surface area (Å²) >= 11 is 5.79. The summed E-state index contributed by atoms with van der Waals surface area (Å²) in [6, 6.07) is 11.7. The fourth-order valence-corrected chi connectivity index (χ4v) is 5.92. The lowest BCUT2D eigenvalue weighted by Crippen LogP contribution is -2.43. The van der Waals surface area contributed by atoms with Gasteiger partial charge in [-0.15, -0.1) is 0 Å². The highest BCUT2D eigenvalue weighted by molar-refractivity contribution is 7.89. The number of hydrogen-bond donors (Lipinski definition) is 1. The van der Waals surface area contributed by atoms with Gasteiger partial charge in [-0.3, -0.25) is 4.79 Å². The number of nitrogens with one attached hydrogen (secondary N) is 1. The van der Waals surface area contributed by atoms with E-state index < -0.39 is 21.8 Å². The lowest BCUT2D eigenvalue weighted by Gasteiger charge is -2.31. The van der Waals surface area contributed by atoms with Crippen LogP contribution in [-0.2, 0) is 14.8 Å². The number of piperidine rings is 1. The lowest BCUT2D eigenvalue weighted by atomic mass is 9.99. The number of hydrogen-bond acceptors (Lipinski definition) is 5. The molecule has 35 heavy (non-hydrogen) atoms. The molecule has 1 aliphatic heterocycles. The second-order valence-corrected chi connectivity index (χ2v) is 10.8. The van der Waals surface area contributed by atoms with Crippen molar-refractivity contribution in [1.82, 2.24) is 9.46 Å². The first kappa shape index (κ1) is 25.1. The summed E-state index contributed by atoms with van der Waals surface area (Å²) < 4.78 is 47.1. The molecule has 1 aliphatic rings. The van der Waals surface area contributed by atoms with Crippen LogP contribution in [0.3, 0.4) is 0 Å². The van der Waals surface area contributed by atoms with Crippen molar-refractivity contribution in [2.24, 2.45) is 5.92 Å². The van der Waals surface area contributed by atoms with Crippen molar-refractivity contribution < 1.29 is 22.1 Å². The molecular formula is C25H25ClFN3O4S. The predicted molar refractivity (Wildman–Crippen MR) is 133 cm³/mol. The molecule has 0 radical (unpaired) electrons. The minimum absolute atomic E-state index is 0.00719. The summed E-state index contributed by atoms with van der Waals surface area (Å²) in [5, 5.41) is 6.47. The Morgan fingerprint density at radius 1 is 1.20 bits per heavy atom. The average molecular weight is 518 g/mol. The third-order valence-electron chi connectivity index (χ3n) is 5.88. The number of rotatable bonds is 6. The number of anilines is 1. The fraction of sp³-hybridized carbons (Fsp3) is 0.280. The molecule has 10 heteroatoms. The number of sulfonamides is 1. The number of carbonyl (C=O) groups excluding carboxylic acids is 1. The van der Waals surface area contributed by atoms with Gasteiger partial charge in [0.25, 0.3) is 0 Å². The maximum atomic E-state index is 13.6. The van der Waals surface area contributed by atoms with E-state index in [2.05, 4.69) is 10.5 Å². The van der Waals surface area contributed by atoms with Gasteiger partial charge in [-0.25, -0.2) is 12.8 Å². The SMILES string of the molecule is Cc1ccc(/C=C/c2onc(C)c2S(=O)(=O)N2CCC[C@H](C(=O)Nc3ccc(F)c(Cl)c3)C2)cc1. The van der Waals surface area contributed by atoms with E-state index in [1.54, 1.807) is 19.1 Å². The van der Waals surface area contributed by atoms with E-state index in [1.807, 2.05) is 31.2 Å². The van der Waals surface area contributed by atoms with Crippen molar-refractivity contribution in [2.75, 3.05) is 18.4 Å². The minimum Gasteiger partial charge on any atom is -0.355 e. The molecule has 3 aromatic rings. The first-order valence-electron chi connectivity index (χ1n) is 11.1. The van der Waals surface area contributed by atoms with Gasteiger partial charge in [-0.2, -0.15) is 4.31 Å². The highest BCUT2D eigenvalue weighted by Gasteiger charge is 2.37. The third-order valence-corrected chi connectivity index (χ3v) is 8.19. The Bertz CT molecular complexity index is 1370. The second-order valence-electron chi connectivity index (χ2n) is 8.53. The summed E-state index contributed by atoms with van der Waals surface area (Å²) in [4.78, 5) is 12.8. The number of aryl methyl sites for hydroxylation is 2. The van der Waals surface area contributed by atoms with Crippen LogP contribution in [0, 0.1) is 25.6 Å². The molecule has 4 rings (SSSR count). The van der Waals surface area contributed by atoms with E-state index >= 15 is 0 Å². The predicted octanol–water partition coefficient (Wildman–Crippen LogP) is 5.29. The van der Waals surface area contributed by atoms with Crippen molar-refractivity contribution in [1.29, 1.82) is 0 Å². The average Bonchev–Trinajstić information content (AvgIpc) is 3.22. The van der Waals surface area contributed by atoms with Gasteiger partial charge in [0.2, 0.25) is 15.9 Å². The number of nitrogens with zero attached hydrogens (tertiary/aromatic N) is 2. The van der Waals surface area contributed by atoms with Gasteiger partial charge in [0.15, 0.2) is 10.7 Å². The molecule has 7 nitrogen and oxygen atoms in total. The van der Waals surface area contributed by atoms with E-state index in [9.17, 15) is 17.6 Å². The summed E-state index contributed by atoms with van der Waals surface area (Å²) in [5.41, 5.74) is 2.61. The normalized spacial score (nSPS) is 17.1. The molecule has 0 saturated carbocycles. The maximum absolute atomic E-state index is 13.6. The largest absolute Gasteiger partial charge is 0.355 e. The summed E-state index contributed by atoms with van der Waals surface area (Å²) in [7, 11) is -3.97. The van der Waals surface area contributed by atoms with Crippen LogP contribution in [-0.4, -0.2) is 36.9 Å². The van der Waals surface area contributed by atoms with Crippen LogP contribution < -0.4 is 5.32 Å². The van der Waals surface area contributed by atoms with Gasteiger partial charge < -0.3 is 9.84 Å². The molecule has 184 valence electrons. The smallest absolute Gasteiger partial charge is 0.248 e. The van der Waals surface area contributed by atoms with Crippen LogP contribution in [0.4, 0.5) is 10.1 Å². The molecule has 2 aromatic carbocycles. The molecule has 0 bridgehead atoms. The van der Waals surface area contributed by atoms with Gasteiger partial charge in [-0.05, 0) is 56.5 Å². The van der Waals surface area contributed by atoms with E-state index in [0.29, 0.717) is 18.5 Å². The second kappa shape index (κ2) is 10.3. The Kier molecular flexibility index (Phi) is 7.39. The van der Waals surface area contributed by atoms with Gasteiger partial charge in [0.05, 0.1) is 10.9 Å². The van der Waals surface area contributed by atoms with Crippen LogP contribution in [0.5, 0.6) is 0 Å². The third kappa shape index (κ3) is 5.63. The Morgan fingerprint density at radius 3 is 2.66 bits per heavy atom. The Hall–Kier alpha value is -3.01. The van der Waals surface area contributed by atoms with Gasteiger partial charge in [0, 0.05) is 18.8 Å². The molecule has 1 saturated heterocycles. The van der Waals surface area contributed by atoms with E-state index in [1.165, 1.54) is 16.4 Å². The van der Waals surface area contributed by atoms with Crippen LogP contribution in [0.25, 0.3) is 12.2 Å². The summed E-state index contributed by atoms with van der Waals surface area (Å²) in [6.45, 7) is 3.85. The number of benzene rings is 2. The topological polar surface area (TPSA) is 92.5 Å². The zero-order valence-corrected chi connectivity index (χ0v) is 20.9. The van der Waals surface area contributed by atoms with Gasteiger partial charge >= 0.3 is 0 Å². The molecular weight excluding hydrogens is 493 g/mol. The molecule has 0 unspecified atom stereocenters. The van der Waals surface area contributed by atoms with E-state index in [4.69, 9.17) is 16.1 Å². The Balaban J connectivity index is 1.52. The highest BCUT2D eigenvalue weighted by Crippen LogP contribution is 2.30. The van der Waals surface area contributed by atoms with E-state index in [0.717, 1.165) is 17.2 Å². The number of aromatic nitrogens is 1. The number of carbonyl (C=O) groups is 1. The van der Waals surface area contributed by atoms with Crippen molar-refractivity contribution in [3.63, 3.8) is 0 Å². The summed E-state index contributed by atoms with van der Waals surface area (Å²) in [6.07, 6.45) is 4.39. The van der Waals surface area contributed by atoms with Crippen molar-refractivity contribution >= 4 is 45.4 Å². The Labute approximate surface area is 208 Å². The van der Waals surface area contributed by atoms with E-state index in [-0.39, 0.29) is 40.4 Å². The first-order chi connectivity index (χ1) is 16.6. The Morgan fingerprint density at radius 2 is 1.94 bits per heavy atom. The molecule has 1 atom stereocenters. The first-order valence-corrected chi connectivity index (χ1v) is 12.9. The molecule has 1 amide bonds. The number of amides is 1. The van der Waals surface area contributed by atoms with Gasteiger partial charge in [0.1, 0.15) is 11.5 Å². The quantitative estimate of drug-likeness (QED) is 0.479. The standard InChI is InChI=1S/C25H25ClFN3O4S/c1-16-5-7-18(8-6-16)9-12-23-24(17(2)29-34-23)35(32,33)30-13-3-4-19(15-30)25(31)28-20-10-11-22(27)21(26)14-20/h5-12,14,19H,3-4,13,15H2,1-2H3,(H,28,31)/b12-9+/t19-/m0/s1. The van der Waals surface area contributed by atoms with Crippen molar-refractivity contribution in [3.8, 4) is 0 Å². The molecule has 0 aliphatic carbocycles. The fourth-order valence-electron chi connectivity index (χ4n) is 3.97. The molecule has 1 N–H and O–H groups in total. The zero-order valence-electron chi connectivity index (χ0n) is 19.3. The minimum atomic E-state index is -3.97. The van der Waals surface area contributed by atoms with Crippen LogP contribution in [0.2, 0.25) is 5.02 Å². The highest BCUT2D eigenvalue weighted by atomic mass is 35.5. The lowest BCUT2D eigenvalue weighted by molar-refractivity contribution is -0.120. The van der Waals surface area contributed by atoms with Crippen molar-refractivity contribution in [3.05, 3.63) is 75.9 Å². The van der Waals surface area contributed by atoms with Crippen LogP contribution in [0.15, 0.2) is 51.9 Å². The molecule has 2 heterocycles. The monoisotopic (exact) mass is 517 g/mol. The van der Waals surface area contributed by atoms with Gasteiger partial charge in [-0.1, -0.05) is 52.7 Å². The molecule has 0 spiro atoms.